The Morgan fingerprint density at radius 1 is 1.03 bits per heavy atom. The van der Waals surface area contributed by atoms with E-state index in [2.05, 4.69) is 0 Å². The number of hydrogen-bond donors (Lipinski definition) is 1. The zero-order valence-corrected chi connectivity index (χ0v) is 20.6. The Labute approximate surface area is 213 Å². The van der Waals surface area contributed by atoms with Crippen LogP contribution in [0.1, 0.15) is 23.1 Å². The number of rotatable bonds is 11. The maximum absolute atomic E-state index is 15.2. The molecule has 0 aliphatic rings. The van der Waals surface area contributed by atoms with E-state index < -0.39 is 0 Å². The van der Waals surface area contributed by atoms with Gasteiger partial charge in [0.25, 0.3) is 0 Å². The minimum Gasteiger partial charge on any atom is -0.489 e. The molecule has 0 bridgehead atoms. The number of fused-ring (bicyclic) bond motifs is 1. The second kappa shape index (κ2) is 12.0. The zero-order valence-electron chi connectivity index (χ0n) is 19.9. The van der Waals surface area contributed by atoms with E-state index in [0.717, 1.165) is 5.56 Å². The van der Waals surface area contributed by atoms with E-state index in [4.69, 9.17) is 36.0 Å². The molecule has 188 valence electrons. The summed E-state index contributed by atoms with van der Waals surface area (Å²) in [5.74, 6) is -0.167. The third kappa shape index (κ3) is 6.05. The Bertz CT molecular complexity index is 1350. The highest BCUT2D eigenvalue weighted by atomic mass is 35.5. The molecule has 4 aromatic rings. The molecule has 6 nitrogen and oxygen atoms in total. The molecule has 3 aromatic carbocycles. The van der Waals surface area contributed by atoms with E-state index in [0.29, 0.717) is 58.6 Å². The standard InChI is InChI=1S/C28H27ClFNO5/c1-33-10-5-11-34-27(32)14-19-6-2-3-9-24(19)35-17-18-12-22(23-15-26(29)36-25(23)13-18)21-8-4-7-20(16-31)28(21)30/h2-4,6-9,12-13,15H,5,10-11,14,16-17,31H2,1H3. The number of ether oxygens (including phenoxy) is 3. The first kappa shape index (κ1) is 25.7. The summed E-state index contributed by atoms with van der Waals surface area (Å²) in [5, 5.41) is 0.891. The lowest BCUT2D eigenvalue weighted by Crippen LogP contribution is -2.11. The first-order valence-corrected chi connectivity index (χ1v) is 11.9. The fourth-order valence-electron chi connectivity index (χ4n) is 3.96. The third-order valence-electron chi connectivity index (χ3n) is 5.71. The number of nitrogens with two attached hydrogens (primary N) is 1. The van der Waals surface area contributed by atoms with Crippen LogP contribution in [-0.2, 0) is 33.8 Å². The Kier molecular flexibility index (Phi) is 8.59. The second-order valence-electron chi connectivity index (χ2n) is 8.23. The number of furan rings is 1. The number of benzene rings is 3. The van der Waals surface area contributed by atoms with Crippen molar-refractivity contribution in [2.75, 3.05) is 20.3 Å². The second-order valence-corrected chi connectivity index (χ2v) is 8.60. The molecule has 1 heterocycles. The summed E-state index contributed by atoms with van der Waals surface area (Å²) >= 11 is 6.13. The van der Waals surface area contributed by atoms with Gasteiger partial charge in [0.05, 0.1) is 13.0 Å². The van der Waals surface area contributed by atoms with E-state index in [1.807, 2.05) is 30.3 Å². The van der Waals surface area contributed by atoms with Crippen molar-refractivity contribution in [1.82, 2.24) is 0 Å². The van der Waals surface area contributed by atoms with E-state index >= 15 is 4.39 Å². The van der Waals surface area contributed by atoms with Crippen LogP contribution in [-0.4, -0.2) is 26.3 Å². The topological polar surface area (TPSA) is 83.9 Å². The Morgan fingerprint density at radius 2 is 1.83 bits per heavy atom. The molecule has 0 spiro atoms. The predicted molar refractivity (Wildman–Crippen MR) is 136 cm³/mol. The predicted octanol–water partition coefficient (Wildman–Crippen LogP) is 6.05. The fourth-order valence-corrected chi connectivity index (χ4v) is 4.16. The number of esters is 1. The van der Waals surface area contributed by atoms with Gasteiger partial charge in [-0.1, -0.05) is 36.4 Å². The first-order valence-electron chi connectivity index (χ1n) is 11.5. The van der Waals surface area contributed by atoms with Crippen molar-refractivity contribution in [1.29, 1.82) is 0 Å². The molecular weight excluding hydrogens is 485 g/mol. The average molecular weight is 512 g/mol. The van der Waals surface area contributed by atoms with Crippen molar-refractivity contribution in [2.24, 2.45) is 5.73 Å². The number of halogens is 2. The van der Waals surface area contributed by atoms with Crippen molar-refractivity contribution in [2.45, 2.75) is 26.0 Å². The molecule has 0 radical (unpaired) electrons. The summed E-state index contributed by atoms with van der Waals surface area (Å²) in [6.07, 6.45) is 0.717. The lowest BCUT2D eigenvalue weighted by molar-refractivity contribution is -0.143. The molecule has 4 rings (SSSR count). The molecule has 0 fully saturated rings. The molecule has 2 N–H and O–H groups in total. The number of methoxy groups -OCH3 is 1. The summed E-state index contributed by atoms with van der Waals surface area (Å²) in [7, 11) is 1.60. The van der Waals surface area contributed by atoms with Crippen LogP contribution in [0.4, 0.5) is 4.39 Å². The minimum absolute atomic E-state index is 0.0817. The highest BCUT2D eigenvalue weighted by molar-refractivity contribution is 6.30. The van der Waals surface area contributed by atoms with Gasteiger partial charge in [0.1, 0.15) is 23.8 Å². The molecule has 0 aliphatic heterocycles. The van der Waals surface area contributed by atoms with Gasteiger partial charge in [0, 0.05) is 54.8 Å². The molecule has 1 aromatic heterocycles. The highest BCUT2D eigenvalue weighted by Crippen LogP contribution is 2.36. The number of carbonyl (C=O) groups excluding carboxylic acids is 1. The van der Waals surface area contributed by atoms with Crippen LogP contribution >= 0.6 is 11.6 Å². The molecular formula is C28H27ClFNO5. The first-order chi connectivity index (χ1) is 17.5. The lowest BCUT2D eigenvalue weighted by Gasteiger charge is -2.13. The van der Waals surface area contributed by atoms with Crippen molar-refractivity contribution in [3.63, 3.8) is 0 Å². The van der Waals surface area contributed by atoms with Gasteiger partial charge in [-0.2, -0.15) is 0 Å². The molecule has 0 atom stereocenters. The molecule has 0 saturated heterocycles. The van der Waals surface area contributed by atoms with Crippen LogP contribution in [0.25, 0.3) is 22.1 Å². The number of carbonyl (C=O) groups is 1. The van der Waals surface area contributed by atoms with Crippen LogP contribution in [0, 0.1) is 5.82 Å². The van der Waals surface area contributed by atoms with Crippen LogP contribution in [0.2, 0.25) is 5.22 Å². The number of para-hydroxylation sites is 1. The molecule has 36 heavy (non-hydrogen) atoms. The Balaban J connectivity index is 1.57. The molecule has 0 saturated carbocycles. The van der Waals surface area contributed by atoms with Gasteiger partial charge in [-0.15, -0.1) is 0 Å². The van der Waals surface area contributed by atoms with Gasteiger partial charge in [0.2, 0.25) is 0 Å². The van der Waals surface area contributed by atoms with Crippen molar-refractivity contribution in [3.05, 3.63) is 88.4 Å². The maximum Gasteiger partial charge on any atom is 0.310 e. The van der Waals surface area contributed by atoms with E-state index in [9.17, 15) is 4.79 Å². The summed E-state index contributed by atoms with van der Waals surface area (Å²) in [6, 6.07) is 17.7. The SMILES string of the molecule is COCCCOC(=O)Cc1ccccc1OCc1cc(-c2cccc(CN)c2F)c2cc(Cl)oc2c1. The summed E-state index contributed by atoms with van der Waals surface area (Å²) in [6.45, 7) is 1.08. The monoisotopic (exact) mass is 511 g/mol. The third-order valence-corrected chi connectivity index (χ3v) is 5.90. The molecule has 8 heteroatoms. The van der Waals surface area contributed by atoms with Gasteiger partial charge in [-0.25, -0.2) is 4.39 Å². The smallest absolute Gasteiger partial charge is 0.310 e. The molecule has 0 aliphatic carbocycles. The van der Waals surface area contributed by atoms with Gasteiger partial charge in [-0.3, -0.25) is 4.79 Å². The Hall–Kier alpha value is -3.39. The summed E-state index contributed by atoms with van der Waals surface area (Å²) in [5.41, 5.74) is 9.12. The van der Waals surface area contributed by atoms with Gasteiger partial charge in [-0.05, 0) is 40.9 Å². The van der Waals surface area contributed by atoms with Gasteiger partial charge >= 0.3 is 5.97 Å². The summed E-state index contributed by atoms with van der Waals surface area (Å²) < 4.78 is 37.1. The quantitative estimate of drug-likeness (QED) is 0.195. The Morgan fingerprint density at radius 3 is 2.64 bits per heavy atom. The molecule has 0 unspecified atom stereocenters. The maximum atomic E-state index is 15.2. The lowest BCUT2D eigenvalue weighted by atomic mass is 9.97. The van der Waals surface area contributed by atoms with Crippen LogP contribution in [0.3, 0.4) is 0 Å². The van der Waals surface area contributed by atoms with Crippen LogP contribution < -0.4 is 10.5 Å². The van der Waals surface area contributed by atoms with Crippen molar-refractivity contribution in [3.8, 4) is 16.9 Å². The molecule has 0 amide bonds. The van der Waals surface area contributed by atoms with Crippen molar-refractivity contribution >= 4 is 28.5 Å². The number of hydrogen-bond acceptors (Lipinski definition) is 6. The van der Waals surface area contributed by atoms with Crippen LogP contribution in [0.15, 0.2) is 65.1 Å². The average Bonchev–Trinajstić information content (AvgIpc) is 3.26. The largest absolute Gasteiger partial charge is 0.489 e. The van der Waals surface area contributed by atoms with E-state index in [1.54, 1.807) is 37.4 Å². The van der Waals surface area contributed by atoms with E-state index in [1.165, 1.54) is 0 Å². The fraction of sp³-hybridized carbons (Fsp3) is 0.250. The normalized spacial score (nSPS) is 11.1. The van der Waals surface area contributed by atoms with Gasteiger partial charge in [0.15, 0.2) is 5.22 Å². The van der Waals surface area contributed by atoms with Crippen molar-refractivity contribution < 1.29 is 27.8 Å². The van der Waals surface area contributed by atoms with Crippen LogP contribution in [0.5, 0.6) is 5.75 Å². The minimum atomic E-state index is -0.383. The summed E-state index contributed by atoms with van der Waals surface area (Å²) in [4.78, 5) is 12.2. The van der Waals surface area contributed by atoms with E-state index in [-0.39, 0.29) is 36.6 Å². The highest BCUT2D eigenvalue weighted by Gasteiger charge is 2.17. The zero-order chi connectivity index (χ0) is 25.5. The van der Waals surface area contributed by atoms with Gasteiger partial charge < -0.3 is 24.4 Å².